The average molecular weight is 497 g/mol. The highest BCUT2D eigenvalue weighted by atomic mass is 16.2. The SMILES string of the molecule is Cn1cc(-c2cn3ncc(C#N)c3c(-c3ccc(N4CCN(C(=O)[C@]5(C)CCCN5)CC4)nc3)n2)cn1. The molecule has 1 amide bonds. The molecule has 4 aromatic heterocycles. The van der Waals surface area contributed by atoms with Gasteiger partial charge in [0.15, 0.2) is 0 Å². The van der Waals surface area contributed by atoms with Crippen LogP contribution in [0.3, 0.4) is 0 Å². The van der Waals surface area contributed by atoms with E-state index in [0.717, 1.165) is 49.4 Å². The quantitative estimate of drug-likeness (QED) is 0.455. The topological polar surface area (TPSA) is 120 Å². The lowest BCUT2D eigenvalue weighted by Crippen LogP contribution is -2.58. The molecule has 0 bridgehead atoms. The van der Waals surface area contributed by atoms with Crippen LogP contribution in [0.25, 0.3) is 28.0 Å². The van der Waals surface area contributed by atoms with E-state index in [1.807, 2.05) is 37.2 Å². The van der Waals surface area contributed by atoms with Crippen LogP contribution >= 0.6 is 0 Å². The van der Waals surface area contributed by atoms with Crippen LogP contribution in [0.4, 0.5) is 5.82 Å². The lowest BCUT2D eigenvalue weighted by Gasteiger charge is -2.39. The number of anilines is 1. The monoisotopic (exact) mass is 496 g/mol. The van der Waals surface area contributed by atoms with E-state index >= 15 is 0 Å². The fourth-order valence-electron chi connectivity index (χ4n) is 5.27. The summed E-state index contributed by atoms with van der Waals surface area (Å²) < 4.78 is 3.41. The number of aromatic nitrogens is 6. The Morgan fingerprint density at radius 3 is 2.57 bits per heavy atom. The van der Waals surface area contributed by atoms with E-state index in [0.29, 0.717) is 35.6 Å². The van der Waals surface area contributed by atoms with Crippen molar-refractivity contribution in [3.63, 3.8) is 0 Å². The third-order valence-corrected chi connectivity index (χ3v) is 7.37. The fourth-order valence-corrected chi connectivity index (χ4v) is 5.27. The number of nitrogens with zero attached hydrogens (tertiary/aromatic N) is 9. The van der Waals surface area contributed by atoms with Gasteiger partial charge in [-0.2, -0.15) is 15.5 Å². The molecule has 11 nitrogen and oxygen atoms in total. The van der Waals surface area contributed by atoms with E-state index in [9.17, 15) is 10.1 Å². The van der Waals surface area contributed by atoms with E-state index in [4.69, 9.17) is 9.97 Å². The predicted molar refractivity (Wildman–Crippen MR) is 138 cm³/mol. The maximum Gasteiger partial charge on any atom is 0.242 e. The van der Waals surface area contributed by atoms with Crippen LogP contribution in [-0.2, 0) is 11.8 Å². The van der Waals surface area contributed by atoms with Gasteiger partial charge in [-0.3, -0.25) is 9.48 Å². The van der Waals surface area contributed by atoms with Crippen molar-refractivity contribution in [1.29, 1.82) is 5.26 Å². The lowest BCUT2D eigenvalue weighted by atomic mass is 9.98. The van der Waals surface area contributed by atoms with E-state index in [1.54, 1.807) is 34.0 Å². The number of amides is 1. The largest absolute Gasteiger partial charge is 0.353 e. The minimum atomic E-state index is -0.430. The lowest BCUT2D eigenvalue weighted by molar-refractivity contribution is -0.137. The first-order chi connectivity index (χ1) is 17.9. The molecule has 6 heterocycles. The van der Waals surface area contributed by atoms with Crippen molar-refractivity contribution in [2.24, 2.45) is 7.05 Å². The number of piperazine rings is 1. The van der Waals surface area contributed by atoms with E-state index in [-0.39, 0.29) is 5.91 Å². The summed E-state index contributed by atoms with van der Waals surface area (Å²) in [5.41, 5.74) is 3.67. The number of hydrogen-bond donors (Lipinski definition) is 1. The Labute approximate surface area is 214 Å². The molecule has 2 fully saturated rings. The Bertz CT molecular complexity index is 1500. The van der Waals surface area contributed by atoms with Crippen molar-refractivity contribution in [3.05, 3.63) is 48.7 Å². The van der Waals surface area contributed by atoms with Gasteiger partial charge >= 0.3 is 0 Å². The number of hydrogen-bond acceptors (Lipinski definition) is 8. The van der Waals surface area contributed by atoms with Crippen molar-refractivity contribution in [1.82, 2.24) is 39.6 Å². The molecule has 1 atom stereocenters. The number of nitrogens with one attached hydrogen (secondary N) is 1. The Morgan fingerprint density at radius 1 is 1.08 bits per heavy atom. The van der Waals surface area contributed by atoms with E-state index in [2.05, 4.69) is 26.5 Å². The summed E-state index contributed by atoms with van der Waals surface area (Å²) in [7, 11) is 1.86. The van der Waals surface area contributed by atoms with Gasteiger partial charge in [-0.05, 0) is 38.4 Å². The molecule has 11 heteroatoms. The molecular weight excluding hydrogens is 468 g/mol. The van der Waals surface area contributed by atoms with Crippen LogP contribution in [0.15, 0.2) is 43.1 Å². The van der Waals surface area contributed by atoms with Crippen molar-refractivity contribution in [2.75, 3.05) is 37.6 Å². The van der Waals surface area contributed by atoms with Crippen molar-refractivity contribution in [3.8, 4) is 28.6 Å². The van der Waals surface area contributed by atoms with Crippen molar-refractivity contribution >= 4 is 17.2 Å². The molecule has 1 N–H and O–H groups in total. The smallest absolute Gasteiger partial charge is 0.242 e. The highest BCUT2D eigenvalue weighted by molar-refractivity contribution is 5.86. The first-order valence-electron chi connectivity index (χ1n) is 12.5. The number of carbonyl (C=O) groups is 1. The molecule has 0 aliphatic carbocycles. The normalized spacial score (nSPS) is 19.9. The van der Waals surface area contributed by atoms with Crippen molar-refractivity contribution < 1.29 is 4.79 Å². The van der Waals surface area contributed by atoms with Gasteiger partial charge in [-0.25, -0.2) is 14.5 Å². The summed E-state index contributed by atoms with van der Waals surface area (Å²) in [6.07, 6.45) is 10.7. The first kappa shape index (κ1) is 23.1. The molecule has 2 saturated heterocycles. The van der Waals surface area contributed by atoms with Gasteiger partial charge in [0.2, 0.25) is 5.91 Å². The Balaban J connectivity index is 1.25. The molecule has 2 aliphatic rings. The third kappa shape index (κ3) is 4.09. The summed E-state index contributed by atoms with van der Waals surface area (Å²) in [5.74, 6) is 1.06. The number of pyridine rings is 1. The van der Waals surface area contributed by atoms with Crippen LogP contribution in [0.5, 0.6) is 0 Å². The van der Waals surface area contributed by atoms with Gasteiger partial charge in [0.05, 0.1) is 35.5 Å². The van der Waals surface area contributed by atoms with Gasteiger partial charge in [-0.15, -0.1) is 0 Å². The third-order valence-electron chi connectivity index (χ3n) is 7.37. The van der Waals surface area contributed by atoms with E-state index < -0.39 is 5.54 Å². The van der Waals surface area contributed by atoms with Gasteiger partial charge in [-0.1, -0.05) is 0 Å². The van der Waals surface area contributed by atoms with Gasteiger partial charge in [0.1, 0.15) is 23.0 Å². The van der Waals surface area contributed by atoms with Gasteiger partial charge in [0.25, 0.3) is 0 Å². The molecule has 4 aromatic rings. The maximum atomic E-state index is 13.0. The Kier molecular flexibility index (Phi) is 5.61. The molecular formula is C26H28N10O. The van der Waals surface area contributed by atoms with Crippen LogP contribution in [0, 0.1) is 11.3 Å². The molecule has 0 radical (unpaired) electrons. The second-order valence-electron chi connectivity index (χ2n) is 9.89. The summed E-state index contributed by atoms with van der Waals surface area (Å²) in [4.78, 5) is 26.8. The zero-order valence-electron chi connectivity index (χ0n) is 20.9. The Morgan fingerprint density at radius 2 is 1.92 bits per heavy atom. The second kappa shape index (κ2) is 8.97. The highest BCUT2D eigenvalue weighted by Gasteiger charge is 2.39. The standard InChI is InChI=1S/C26H28N10O/c1-26(6-3-7-29-26)25(37)35-10-8-34(9-11-35)22-5-4-18(13-28-22)23-24-19(12-27)14-31-36(24)17-21(32-23)20-15-30-33(2)16-20/h4-5,13-17,29H,3,6-11H2,1-2H3/t26-/m0/s1. The van der Waals surface area contributed by atoms with Crippen molar-refractivity contribution in [2.45, 2.75) is 25.3 Å². The molecule has 0 unspecified atom stereocenters. The first-order valence-corrected chi connectivity index (χ1v) is 12.5. The number of rotatable bonds is 4. The molecule has 0 saturated carbocycles. The van der Waals surface area contributed by atoms with Gasteiger partial charge in [0, 0.05) is 56.7 Å². The highest BCUT2D eigenvalue weighted by Crippen LogP contribution is 2.29. The average Bonchev–Trinajstić information content (AvgIpc) is 3.68. The van der Waals surface area contributed by atoms with Crippen LogP contribution < -0.4 is 10.2 Å². The number of fused-ring (bicyclic) bond motifs is 1. The minimum absolute atomic E-state index is 0.200. The predicted octanol–water partition coefficient (Wildman–Crippen LogP) is 1.85. The fraction of sp³-hybridized carbons (Fsp3) is 0.385. The molecule has 37 heavy (non-hydrogen) atoms. The summed E-state index contributed by atoms with van der Waals surface area (Å²) in [5, 5.41) is 21.6. The zero-order chi connectivity index (χ0) is 25.6. The van der Waals surface area contributed by atoms with E-state index in [1.165, 1.54) is 0 Å². The molecule has 6 rings (SSSR count). The molecule has 188 valence electrons. The zero-order valence-corrected chi connectivity index (χ0v) is 20.9. The maximum absolute atomic E-state index is 13.0. The van der Waals surface area contributed by atoms with Crippen LogP contribution in [-0.4, -0.2) is 78.4 Å². The van der Waals surface area contributed by atoms with Crippen LogP contribution in [0.2, 0.25) is 0 Å². The molecule has 2 aliphatic heterocycles. The number of carbonyl (C=O) groups excluding carboxylic acids is 1. The number of nitriles is 1. The summed E-state index contributed by atoms with van der Waals surface area (Å²) >= 11 is 0. The summed E-state index contributed by atoms with van der Waals surface area (Å²) in [6, 6.07) is 6.17. The Hall–Kier alpha value is -4.30. The molecule has 0 aromatic carbocycles. The summed E-state index contributed by atoms with van der Waals surface area (Å²) in [6.45, 7) is 5.73. The number of aryl methyl sites for hydroxylation is 1. The second-order valence-corrected chi connectivity index (χ2v) is 9.89. The molecule has 0 spiro atoms. The van der Waals surface area contributed by atoms with Crippen LogP contribution in [0.1, 0.15) is 25.3 Å². The minimum Gasteiger partial charge on any atom is -0.353 e. The van der Waals surface area contributed by atoms with Gasteiger partial charge < -0.3 is 15.1 Å².